The van der Waals surface area contributed by atoms with E-state index in [-0.39, 0.29) is 12.2 Å². The van der Waals surface area contributed by atoms with Crippen molar-refractivity contribution in [2.45, 2.75) is 6.61 Å². The van der Waals surface area contributed by atoms with E-state index in [1.54, 1.807) is 43.5 Å². The van der Waals surface area contributed by atoms with Crippen LogP contribution in [0.15, 0.2) is 60.7 Å². The van der Waals surface area contributed by atoms with Crippen molar-refractivity contribution >= 4 is 51.8 Å². The van der Waals surface area contributed by atoms with Gasteiger partial charge in [0.1, 0.15) is 6.61 Å². The van der Waals surface area contributed by atoms with E-state index < -0.39 is 5.97 Å². The molecule has 0 saturated heterocycles. The third-order valence-electron chi connectivity index (χ3n) is 4.43. The monoisotopic (exact) mass is 545 g/mol. The largest absolute Gasteiger partial charge is 0.493 e. The number of allylic oxidation sites excluding steroid dienone is 1. The summed E-state index contributed by atoms with van der Waals surface area (Å²) in [6.45, 7) is 0.254. The summed E-state index contributed by atoms with van der Waals surface area (Å²) in [5.41, 5.74) is 2.92. The van der Waals surface area contributed by atoms with Gasteiger partial charge < -0.3 is 14.6 Å². The number of benzene rings is 3. The fraction of sp³-hybridized carbons (Fsp3) is 0.0833. The molecule has 156 valence electrons. The predicted molar refractivity (Wildman–Crippen MR) is 128 cm³/mol. The molecule has 0 fully saturated rings. The summed E-state index contributed by atoms with van der Waals surface area (Å²) in [5.74, 6) is 0.122. The summed E-state index contributed by atoms with van der Waals surface area (Å²) in [4.78, 5) is 11.0. The second-order valence-electron chi connectivity index (χ2n) is 6.47. The second-order valence-corrected chi connectivity index (χ2v) is 8.04. The van der Waals surface area contributed by atoms with Crippen molar-refractivity contribution in [3.8, 4) is 17.6 Å². The molecule has 0 bridgehead atoms. The van der Waals surface area contributed by atoms with Crippen LogP contribution in [-0.2, 0) is 6.61 Å². The highest BCUT2D eigenvalue weighted by molar-refractivity contribution is 14.1. The zero-order valence-electron chi connectivity index (χ0n) is 16.4. The summed E-state index contributed by atoms with van der Waals surface area (Å²) < 4.78 is 12.3. The molecule has 0 radical (unpaired) electrons. The molecule has 3 aromatic rings. The number of carbonyl (C=O) groups is 1. The number of rotatable bonds is 7. The average molecular weight is 546 g/mol. The van der Waals surface area contributed by atoms with Crippen LogP contribution >= 0.6 is 34.2 Å². The van der Waals surface area contributed by atoms with Crippen molar-refractivity contribution in [3.05, 3.63) is 91.5 Å². The summed E-state index contributed by atoms with van der Waals surface area (Å²) in [6.07, 6.45) is 1.75. The predicted octanol–water partition coefficient (Wildman–Crippen LogP) is 6.29. The summed E-state index contributed by atoms with van der Waals surface area (Å²) >= 11 is 8.39. The Morgan fingerprint density at radius 3 is 2.52 bits per heavy atom. The molecule has 0 aliphatic heterocycles. The van der Waals surface area contributed by atoms with Crippen LogP contribution in [0.1, 0.15) is 27.0 Å². The zero-order valence-corrected chi connectivity index (χ0v) is 19.3. The Hall–Kier alpha value is -3.02. The molecule has 31 heavy (non-hydrogen) atoms. The number of ether oxygens (including phenoxy) is 2. The van der Waals surface area contributed by atoms with E-state index in [4.69, 9.17) is 26.2 Å². The molecule has 0 heterocycles. The molecular weight excluding hydrogens is 529 g/mol. The second kappa shape index (κ2) is 10.3. The van der Waals surface area contributed by atoms with Crippen molar-refractivity contribution in [1.29, 1.82) is 5.26 Å². The van der Waals surface area contributed by atoms with Crippen molar-refractivity contribution < 1.29 is 19.4 Å². The molecule has 3 rings (SSSR count). The molecule has 1 N–H and O–H groups in total. The molecule has 5 nitrogen and oxygen atoms in total. The first-order chi connectivity index (χ1) is 14.9. The van der Waals surface area contributed by atoms with Gasteiger partial charge in [-0.25, -0.2) is 4.79 Å². The van der Waals surface area contributed by atoms with Crippen molar-refractivity contribution in [1.82, 2.24) is 0 Å². The number of carboxylic acid groups (broad SMARTS) is 1. The molecule has 0 aliphatic carbocycles. The highest BCUT2D eigenvalue weighted by atomic mass is 127. The molecule has 0 spiro atoms. The van der Waals surface area contributed by atoms with Crippen LogP contribution in [-0.4, -0.2) is 18.2 Å². The van der Waals surface area contributed by atoms with E-state index in [0.29, 0.717) is 27.7 Å². The number of nitriles is 1. The van der Waals surface area contributed by atoms with E-state index in [1.807, 2.05) is 18.2 Å². The average Bonchev–Trinajstić information content (AvgIpc) is 2.77. The SMILES string of the molecule is COc1cc(C=C(C#N)c2ccccc2Cl)cc(I)c1OCc1ccc(C(=O)O)cc1. The van der Waals surface area contributed by atoms with Gasteiger partial charge in [0.25, 0.3) is 0 Å². The van der Waals surface area contributed by atoms with E-state index in [0.717, 1.165) is 14.7 Å². The van der Waals surface area contributed by atoms with Crippen LogP contribution in [0.2, 0.25) is 5.02 Å². The lowest BCUT2D eigenvalue weighted by Crippen LogP contribution is -2.01. The number of nitrogens with zero attached hydrogens (tertiary/aromatic N) is 1. The smallest absolute Gasteiger partial charge is 0.335 e. The van der Waals surface area contributed by atoms with Crippen molar-refractivity contribution in [3.63, 3.8) is 0 Å². The number of aromatic carboxylic acids is 1. The Morgan fingerprint density at radius 1 is 1.19 bits per heavy atom. The summed E-state index contributed by atoms with van der Waals surface area (Å²) in [7, 11) is 1.55. The minimum Gasteiger partial charge on any atom is -0.493 e. The first kappa shape index (κ1) is 22.7. The van der Waals surface area contributed by atoms with Gasteiger partial charge in [-0.15, -0.1) is 0 Å². The molecule has 0 amide bonds. The van der Waals surface area contributed by atoms with E-state index in [2.05, 4.69) is 28.7 Å². The molecule has 3 aromatic carbocycles. The van der Waals surface area contributed by atoms with Gasteiger partial charge in [0.2, 0.25) is 0 Å². The standard InChI is InChI=1S/C24H17ClINO4/c1-30-22-12-16(10-18(13-27)19-4-2-3-5-20(19)25)11-21(26)23(22)31-14-15-6-8-17(9-7-15)24(28)29/h2-12H,14H2,1H3,(H,28,29). The lowest BCUT2D eigenvalue weighted by molar-refractivity contribution is 0.0697. The number of carboxylic acids is 1. The fourth-order valence-electron chi connectivity index (χ4n) is 2.88. The Balaban J connectivity index is 1.87. The number of hydrogen-bond donors (Lipinski definition) is 1. The molecule has 0 aliphatic rings. The van der Waals surface area contributed by atoms with Gasteiger partial charge in [-0.1, -0.05) is 41.9 Å². The zero-order chi connectivity index (χ0) is 22.4. The third-order valence-corrected chi connectivity index (χ3v) is 5.56. The molecule has 0 aromatic heterocycles. The van der Waals surface area contributed by atoms with Gasteiger partial charge in [-0.3, -0.25) is 0 Å². The first-order valence-electron chi connectivity index (χ1n) is 9.12. The highest BCUT2D eigenvalue weighted by Gasteiger charge is 2.13. The Bertz CT molecular complexity index is 1180. The molecule has 7 heteroatoms. The lowest BCUT2D eigenvalue weighted by atomic mass is 10.0. The maximum atomic E-state index is 11.0. The van der Waals surface area contributed by atoms with E-state index in [9.17, 15) is 10.1 Å². The maximum absolute atomic E-state index is 11.0. The molecular formula is C24H17ClINO4. The molecule has 0 atom stereocenters. The Kier molecular flexibility index (Phi) is 7.55. The topological polar surface area (TPSA) is 79.5 Å². The minimum absolute atomic E-state index is 0.221. The number of methoxy groups -OCH3 is 1. The van der Waals surface area contributed by atoms with Crippen LogP contribution in [0.3, 0.4) is 0 Å². The third kappa shape index (κ3) is 5.57. The Morgan fingerprint density at radius 2 is 1.90 bits per heavy atom. The maximum Gasteiger partial charge on any atom is 0.335 e. The van der Waals surface area contributed by atoms with Crippen LogP contribution in [0.25, 0.3) is 11.6 Å². The first-order valence-corrected chi connectivity index (χ1v) is 10.6. The minimum atomic E-state index is -0.971. The van der Waals surface area contributed by atoms with Crippen molar-refractivity contribution in [2.75, 3.05) is 7.11 Å². The van der Waals surface area contributed by atoms with Gasteiger partial charge in [0.15, 0.2) is 11.5 Å². The summed E-state index contributed by atoms with van der Waals surface area (Å²) in [6, 6.07) is 19.6. The fourth-order valence-corrected chi connectivity index (χ4v) is 3.90. The van der Waals surface area contributed by atoms with E-state index >= 15 is 0 Å². The van der Waals surface area contributed by atoms with Crippen LogP contribution < -0.4 is 9.47 Å². The van der Waals surface area contributed by atoms with Gasteiger partial charge in [-0.05, 0) is 70.1 Å². The van der Waals surface area contributed by atoms with E-state index in [1.165, 1.54) is 12.1 Å². The van der Waals surface area contributed by atoms with Gasteiger partial charge >= 0.3 is 5.97 Å². The van der Waals surface area contributed by atoms with Gasteiger partial charge in [0.05, 0.1) is 27.9 Å². The van der Waals surface area contributed by atoms with Crippen LogP contribution in [0.4, 0.5) is 0 Å². The number of halogens is 2. The van der Waals surface area contributed by atoms with Gasteiger partial charge in [0, 0.05) is 10.6 Å². The van der Waals surface area contributed by atoms with Crippen LogP contribution in [0.5, 0.6) is 11.5 Å². The normalized spacial score (nSPS) is 11.0. The quantitative estimate of drug-likeness (QED) is 0.214. The number of hydrogen-bond acceptors (Lipinski definition) is 4. The summed E-state index contributed by atoms with van der Waals surface area (Å²) in [5, 5.41) is 19.1. The van der Waals surface area contributed by atoms with Gasteiger partial charge in [-0.2, -0.15) is 5.26 Å². The van der Waals surface area contributed by atoms with Crippen molar-refractivity contribution in [2.24, 2.45) is 0 Å². The highest BCUT2D eigenvalue weighted by Crippen LogP contribution is 2.36. The Labute approximate surface area is 198 Å². The molecule has 0 saturated carbocycles. The molecule has 0 unspecified atom stereocenters. The lowest BCUT2D eigenvalue weighted by Gasteiger charge is -2.14. The van der Waals surface area contributed by atoms with Crippen LogP contribution in [0, 0.1) is 14.9 Å².